The number of aromatic nitrogens is 2. The van der Waals surface area contributed by atoms with E-state index in [1.807, 2.05) is 63.2 Å². The lowest BCUT2D eigenvalue weighted by Gasteiger charge is -2.22. The summed E-state index contributed by atoms with van der Waals surface area (Å²) >= 11 is 2.84. The maximum Gasteiger partial charge on any atom is 0.262 e. The molecule has 0 fully saturated rings. The van der Waals surface area contributed by atoms with Gasteiger partial charge in [-0.1, -0.05) is 48.2 Å². The van der Waals surface area contributed by atoms with Gasteiger partial charge in [-0.3, -0.25) is 14.2 Å². The molecule has 2 aromatic carbocycles. The molecular formula is C23H23N3O2S2. The van der Waals surface area contributed by atoms with Crippen molar-refractivity contribution in [3.05, 3.63) is 63.3 Å². The molecule has 0 unspecified atom stereocenters. The molecule has 0 saturated heterocycles. The fraction of sp³-hybridized carbons (Fsp3) is 0.261. The SMILES string of the molecule is CCN(C(=O)CSc1nc2sc(C)c(C)c2c(=O)n1C)c1cccc2ccccc12. The minimum absolute atomic E-state index is 0.00765. The number of fused-ring (bicyclic) bond motifs is 2. The lowest BCUT2D eigenvalue weighted by molar-refractivity contribution is -0.116. The minimum Gasteiger partial charge on any atom is -0.311 e. The molecule has 0 saturated carbocycles. The van der Waals surface area contributed by atoms with E-state index < -0.39 is 0 Å². The molecule has 4 aromatic rings. The lowest BCUT2D eigenvalue weighted by atomic mass is 10.1. The van der Waals surface area contributed by atoms with Crippen LogP contribution in [0.4, 0.5) is 5.69 Å². The Kier molecular flexibility index (Phi) is 5.66. The number of nitrogens with zero attached hydrogens (tertiary/aromatic N) is 3. The van der Waals surface area contributed by atoms with Gasteiger partial charge in [0.05, 0.1) is 16.8 Å². The van der Waals surface area contributed by atoms with Gasteiger partial charge in [-0.05, 0) is 37.8 Å². The summed E-state index contributed by atoms with van der Waals surface area (Å²) in [5, 5.41) is 3.40. The van der Waals surface area contributed by atoms with Crippen LogP contribution in [0.2, 0.25) is 0 Å². The number of rotatable bonds is 5. The summed E-state index contributed by atoms with van der Waals surface area (Å²) in [6.07, 6.45) is 0. The molecule has 7 heteroatoms. The van der Waals surface area contributed by atoms with Gasteiger partial charge in [-0.15, -0.1) is 11.3 Å². The first-order valence-corrected chi connectivity index (χ1v) is 11.6. The van der Waals surface area contributed by atoms with Crippen LogP contribution in [0.1, 0.15) is 17.4 Å². The predicted octanol–water partition coefficient (Wildman–Crippen LogP) is 4.91. The third-order valence-corrected chi connectivity index (χ3v) is 7.48. The summed E-state index contributed by atoms with van der Waals surface area (Å²) < 4.78 is 1.55. The summed E-state index contributed by atoms with van der Waals surface area (Å²) in [5.74, 6) is 0.207. The normalized spacial score (nSPS) is 11.3. The van der Waals surface area contributed by atoms with Gasteiger partial charge in [-0.25, -0.2) is 4.98 Å². The van der Waals surface area contributed by atoms with Crippen molar-refractivity contribution in [3.8, 4) is 0 Å². The molecule has 0 aliphatic rings. The van der Waals surface area contributed by atoms with Gasteiger partial charge >= 0.3 is 0 Å². The standard InChI is InChI=1S/C23H23N3O2S2/c1-5-26(18-12-8-10-16-9-6-7-11-17(16)18)19(27)13-29-23-24-21-20(22(28)25(23)4)14(2)15(3)30-21/h6-12H,5,13H2,1-4H3. The summed E-state index contributed by atoms with van der Waals surface area (Å²) in [4.78, 5) is 34.2. The first kappa shape index (κ1) is 20.6. The molecule has 0 bridgehead atoms. The van der Waals surface area contributed by atoms with Gasteiger partial charge in [0.15, 0.2) is 5.16 Å². The number of aryl methyl sites for hydroxylation is 2. The van der Waals surface area contributed by atoms with Crippen LogP contribution < -0.4 is 10.5 Å². The van der Waals surface area contributed by atoms with Crippen LogP contribution in [-0.4, -0.2) is 27.8 Å². The molecule has 4 rings (SSSR count). The highest BCUT2D eigenvalue weighted by atomic mass is 32.2. The van der Waals surface area contributed by atoms with Gasteiger partial charge in [0.25, 0.3) is 5.56 Å². The summed E-state index contributed by atoms with van der Waals surface area (Å²) in [7, 11) is 1.72. The van der Waals surface area contributed by atoms with E-state index in [0.717, 1.165) is 31.7 Å². The molecule has 5 nitrogen and oxygen atoms in total. The van der Waals surface area contributed by atoms with Crippen molar-refractivity contribution >= 4 is 55.7 Å². The van der Waals surface area contributed by atoms with Crippen LogP contribution in [0.15, 0.2) is 52.4 Å². The lowest BCUT2D eigenvalue weighted by Crippen LogP contribution is -2.32. The van der Waals surface area contributed by atoms with Gasteiger partial charge in [0.2, 0.25) is 5.91 Å². The second-order valence-corrected chi connectivity index (χ2v) is 9.29. The zero-order valence-electron chi connectivity index (χ0n) is 17.4. The van der Waals surface area contributed by atoms with E-state index in [0.29, 0.717) is 17.1 Å². The molecule has 0 N–H and O–H groups in total. The molecule has 0 aliphatic heterocycles. The number of thioether (sulfide) groups is 1. The molecule has 154 valence electrons. The maximum absolute atomic E-state index is 13.1. The monoisotopic (exact) mass is 437 g/mol. The van der Waals surface area contributed by atoms with E-state index in [4.69, 9.17) is 0 Å². The molecule has 2 heterocycles. The molecular weight excluding hydrogens is 414 g/mol. The fourth-order valence-electron chi connectivity index (χ4n) is 3.61. The molecule has 30 heavy (non-hydrogen) atoms. The van der Waals surface area contributed by atoms with E-state index in [-0.39, 0.29) is 17.2 Å². The van der Waals surface area contributed by atoms with Crippen molar-refractivity contribution in [1.82, 2.24) is 9.55 Å². The molecule has 0 aliphatic carbocycles. The number of hydrogen-bond acceptors (Lipinski definition) is 5. The van der Waals surface area contributed by atoms with Gasteiger partial charge in [0, 0.05) is 23.9 Å². The second kappa shape index (κ2) is 8.24. The highest BCUT2D eigenvalue weighted by molar-refractivity contribution is 7.99. The quantitative estimate of drug-likeness (QED) is 0.329. The minimum atomic E-state index is -0.0572. The van der Waals surface area contributed by atoms with Crippen molar-refractivity contribution in [2.75, 3.05) is 17.2 Å². The zero-order valence-corrected chi connectivity index (χ0v) is 19.1. The number of benzene rings is 2. The summed E-state index contributed by atoms with van der Waals surface area (Å²) in [5.41, 5.74) is 1.84. The highest BCUT2D eigenvalue weighted by Gasteiger charge is 2.19. The van der Waals surface area contributed by atoms with Crippen molar-refractivity contribution in [1.29, 1.82) is 0 Å². The zero-order chi connectivity index (χ0) is 21.4. The van der Waals surface area contributed by atoms with E-state index >= 15 is 0 Å². The molecule has 0 spiro atoms. The Labute approximate surface area is 183 Å². The number of carbonyl (C=O) groups excluding carboxylic acids is 1. The van der Waals surface area contributed by atoms with Gasteiger partial charge in [-0.2, -0.15) is 0 Å². The smallest absolute Gasteiger partial charge is 0.262 e. The largest absolute Gasteiger partial charge is 0.311 e. The van der Waals surface area contributed by atoms with Crippen LogP contribution in [0.5, 0.6) is 0 Å². The first-order valence-electron chi connectivity index (χ1n) is 9.80. The summed E-state index contributed by atoms with van der Waals surface area (Å²) in [6.45, 7) is 6.50. The van der Waals surface area contributed by atoms with Crippen LogP contribution >= 0.6 is 23.1 Å². The van der Waals surface area contributed by atoms with Crippen LogP contribution in [0.25, 0.3) is 21.0 Å². The Morgan fingerprint density at radius 2 is 1.90 bits per heavy atom. The van der Waals surface area contributed by atoms with E-state index in [1.165, 1.54) is 23.1 Å². The van der Waals surface area contributed by atoms with Gasteiger partial charge in [0.1, 0.15) is 4.83 Å². The van der Waals surface area contributed by atoms with Crippen molar-refractivity contribution in [2.45, 2.75) is 25.9 Å². The maximum atomic E-state index is 13.1. The van der Waals surface area contributed by atoms with Crippen LogP contribution in [0, 0.1) is 13.8 Å². The Balaban J connectivity index is 1.62. The fourth-order valence-corrected chi connectivity index (χ4v) is 5.53. The van der Waals surface area contributed by atoms with E-state index in [2.05, 4.69) is 4.98 Å². The number of hydrogen-bond donors (Lipinski definition) is 0. The number of thiophene rings is 1. The Morgan fingerprint density at radius 3 is 2.67 bits per heavy atom. The first-order chi connectivity index (χ1) is 14.4. The third-order valence-electron chi connectivity index (χ3n) is 5.37. The van der Waals surface area contributed by atoms with Crippen LogP contribution in [0.3, 0.4) is 0 Å². The number of amides is 1. The van der Waals surface area contributed by atoms with Crippen LogP contribution in [-0.2, 0) is 11.8 Å². The third kappa shape index (κ3) is 3.52. The average Bonchev–Trinajstić information content (AvgIpc) is 3.04. The predicted molar refractivity (Wildman–Crippen MR) is 127 cm³/mol. The van der Waals surface area contributed by atoms with Crippen molar-refractivity contribution in [2.24, 2.45) is 7.05 Å². The summed E-state index contributed by atoms with van der Waals surface area (Å²) in [6, 6.07) is 14.1. The molecule has 0 radical (unpaired) electrons. The average molecular weight is 438 g/mol. The number of anilines is 1. The molecule has 0 atom stereocenters. The number of carbonyl (C=O) groups is 1. The Bertz CT molecular complexity index is 1320. The van der Waals surface area contributed by atoms with E-state index in [9.17, 15) is 9.59 Å². The molecule has 1 amide bonds. The topological polar surface area (TPSA) is 55.2 Å². The Hall–Kier alpha value is -2.64. The van der Waals surface area contributed by atoms with Crippen molar-refractivity contribution in [3.63, 3.8) is 0 Å². The highest BCUT2D eigenvalue weighted by Crippen LogP contribution is 2.30. The van der Waals surface area contributed by atoms with Crippen molar-refractivity contribution < 1.29 is 4.79 Å². The Morgan fingerprint density at radius 1 is 1.17 bits per heavy atom. The van der Waals surface area contributed by atoms with Gasteiger partial charge < -0.3 is 4.90 Å². The molecule has 2 aromatic heterocycles. The second-order valence-electron chi connectivity index (χ2n) is 7.15. The van der Waals surface area contributed by atoms with E-state index in [1.54, 1.807) is 16.5 Å².